The van der Waals surface area contributed by atoms with Gasteiger partial charge in [-0.15, -0.1) is 0 Å². The second-order valence-corrected chi connectivity index (χ2v) is 7.42. The van der Waals surface area contributed by atoms with Crippen LogP contribution in [0.4, 0.5) is 0 Å². The smallest absolute Gasteiger partial charge is 0.251 e. The zero-order chi connectivity index (χ0) is 20.1. The van der Waals surface area contributed by atoms with E-state index in [1.165, 1.54) is 11.0 Å². The summed E-state index contributed by atoms with van der Waals surface area (Å²) in [6.45, 7) is 3.06. The summed E-state index contributed by atoms with van der Waals surface area (Å²) in [5.41, 5.74) is 1.66. The minimum absolute atomic E-state index is 0.0459. The van der Waals surface area contributed by atoms with Crippen LogP contribution >= 0.6 is 0 Å². The van der Waals surface area contributed by atoms with Crippen LogP contribution in [0.25, 0.3) is 0 Å². The van der Waals surface area contributed by atoms with Crippen LogP contribution in [0.15, 0.2) is 41.3 Å². The van der Waals surface area contributed by atoms with E-state index in [0.29, 0.717) is 30.5 Å². The van der Waals surface area contributed by atoms with Gasteiger partial charge in [-0.1, -0.05) is 6.42 Å². The summed E-state index contributed by atoms with van der Waals surface area (Å²) in [7, 11) is 3.22. The number of amides is 1. The number of aryl methyl sites for hydroxylation is 1. The Morgan fingerprint density at radius 2 is 1.96 bits per heavy atom. The molecule has 1 aromatic heterocycles. The number of pyridine rings is 1. The Balaban J connectivity index is 1.80. The van der Waals surface area contributed by atoms with Crippen molar-refractivity contribution in [2.45, 2.75) is 39.3 Å². The Hall–Kier alpha value is -2.76. The molecule has 0 aliphatic heterocycles. The Morgan fingerprint density at radius 3 is 2.57 bits per heavy atom. The highest BCUT2D eigenvalue weighted by atomic mass is 16.5. The maximum absolute atomic E-state index is 13.1. The molecule has 6 heteroatoms. The molecule has 3 rings (SSSR count). The molecule has 1 heterocycles. The summed E-state index contributed by atoms with van der Waals surface area (Å²) in [6.07, 6.45) is 5.20. The molecule has 0 unspecified atom stereocenters. The van der Waals surface area contributed by atoms with E-state index in [0.717, 1.165) is 24.0 Å². The number of nitrogens with zero attached hydrogens (tertiary/aromatic N) is 2. The Morgan fingerprint density at radius 1 is 1.18 bits per heavy atom. The fourth-order valence-corrected chi connectivity index (χ4v) is 3.41. The zero-order valence-electron chi connectivity index (χ0n) is 16.8. The zero-order valence-corrected chi connectivity index (χ0v) is 16.8. The van der Waals surface area contributed by atoms with Crippen LogP contribution in [-0.4, -0.2) is 36.1 Å². The fraction of sp³-hybridized carbons (Fsp3) is 0.455. The van der Waals surface area contributed by atoms with Gasteiger partial charge in [-0.25, -0.2) is 0 Å². The maximum Gasteiger partial charge on any atom is 0.251 e. The summed E-state index contributed by atoms with van der Waals surface area (Å²) in [5.74, 6) is 1.88. The average molecular weight is 384 g/mol. The molecule has 6 nitrogen and oxygen atoms in total. The minimum atomic E-state index is -0.154. The summed E-state index contributed by atoms with van der Waals surface area (Å²) in [5, 5.41) is 0. The molecular formula is C22H28N2O4. The van der Waals surface area contributed by atoms with Gasteiger partial charge in [-0.05, 0) is 49.4 Å². The van der Waals surface area contributed by atoms with Gasteiger partial charge in [0.15, 0.2) is 0 Å². The molecule has 2 aromatic rings. The highest BCUT2D eigenvalue weighted by Crippen LogP contribution is 2.30. The highest BCUT2D eigenvalue weighted by Gasteiger charge is 2.25. The summed E-state index contributed by atoms with van der Waals surface area (Å²) in [4.78, 5) is 27.1. The van der Waals surface area contributed by atoms with Gasteiger partial charge >= 0.3 is 0 Å². The molecule has 1 aromatic carbocycles. The van der Waals surface area contributed by atoms with Crippen LogP contribution in [0.1, 0.15) is 30.4 Å². The van der Waals surface area contributed by atoms with Gasteiger partial charge in [0.2, 0.25) is 5.91 Å². The van der Waals surface area contributed by atoms with E-state index >= 15 is 0 Å². The lowest BCUT2D eigenvalue weighted by molar-refractivity contribution is -0.133. The lowest BCUT2D eigenvalue weighted by Gasteiger charge is -2.33. The molecule has 1 amide bonds. The third-order valence-corrected chi connectivity index (χ3v) is 5.37. The predicted octanol–water partition coefficient (Wildman–Crippen LogP) is 3.00. The minimum Gasteiger partial charge on any atom is -0.497 e. The summed E-state index contributed by atoms with van der Waals surface area (Å²) >= 11 is 0. The van der Waals surface area contributed by atoms with Gasteiger partial charge in [0.1, 0.15) is 18.0 Å². The molecule has 0 N–H and O–H groups in total. The number of carbonyl (C=O) groups is 1. The van der Waals surface area contributed by atoms with E-state index in [2.05, 4.69) is 0 Å². The number of aromatic nitrogens is 1. The van der Waals surface area contributed by atoms with Gasteiger partial charge in [0.25, 0.3) is 5.56 Å². The van der Waals surface area contributed by atoms with E-state index < -0.39 is 0 Å². The molecule has 28 heavy (non-hydrogen) atoms. The van der Waals surface area contributed by atoms with Crippen molar-refractivity contribution in [3.8, 4) is 11.5 Å². The highest BCUT2D eigenvalue weighted by molar-refractivity contribution is 5.76. The first-order chi connectivity index (χ1) is 13.5. The molecule has 1 aliphatic rings. The van der Waals surface area contributed by atoms with Gasteiger partial charge < -0.3 is 18.9 Å². The predicted molar refractivity (Wildman–Crippen MR) is 108 cm³/mol. The van der Waals surface area contributed by atoms with Crippen molar-refractivity contribution in [2.24, 2.45) is 5.92 Å². The Labute approximate surface area is 165 Å². The maximum atomic E-state index is 13.1. The van der Waals surface area contributed by atoms with Crippen molar-refractivity contribution >= 4 is 5.91 Å². The van der Waals surface area contributed by atoms with Crippen molar-refractivity contribution in [1.82, 2.24) is 9.47 Å². The Kier molecular flexibility index (Phi) is 6.39. The summed E-state index contributed by atoms with van der Waals surface area (Å²) < 4.78 is 12.2. The van der Waals surface area contributed by atoms with Crippen molar-refractivity contribution in [3.05, 3.63) is 58.0 Å². The fourth-order valence-electron chi connectivity index (χ4n) is 3.41. The molecule has 1 saturated carbocycles. The normalized spacial score (nSPS) is 13.7. The number of rotatable bonds is 8. The SMILES string of the molecule is COc1ccc(CN(CC2CCC2)C(=O)Cn2ccc(C)cc2=O)c(OC)c1. The molecule has 1 fully saturated rings. The van der Waals surface area contributed by atoms with Crippen molar-refractivity contribution in [1.29, 1.82) is 0 Å². The molecule has 0 saturated heterocycles. The third-order valence-electron chi connectivity index (χ3n) is 5.37. The van der Waals surface area contributed by atoms with E-state index in [1.54, 1.807) is 26.5 Å². The second-order valence-electron chi connectivity index (χ2n) is 7.42. The molecule has 0 radical (unpaired) electrons. The lowest BCUT2D eigenvalue weighted by atomic mass is 9.85. The van der Waals surface area contributed by atoms with Gasteiger partial charge in [-0.3, -0.25) is 9.59 Å². The van der Waals surface area contributed by atoms with Crippen LogP contribution in [-0.2, 0) is 17.9 Å². The number of methoxy groups -OCH3 is 2. The monoisotopic (exact) mass is 384 g/mol. The number of benzene rings is 1. The lowest BCUT2D eigenvalue weighted by Crippen LogP contribution is -2.40. The standard InChI is InChI=1S/C22H28N2O4/c1-16-9-10-23(21(25)11-16)15-22(26)24(13-17-5-4-6-17)14-18-7-8-19(27-2)12-20(18)28-3/h7-12,17H,4-6,13-15H2,1-3H3. The quantitative estimate of drug-likeness (QED) is 0.702. The topological polar surface area (TPSA) is 60.8 Å². The number of ether oxygens (including phenoxy) is 2. The van der Waals surface area contributed by atoms with E-state index in [1.807, 2.05) is 36.1 Å². The van der Waals surface area contributed by atoms with E-state index in [-0.39, 0.29) is 18.0 Å². The van der Waals surface area contributed by atoms with Crippen LogP contribution in [0.3, 0.4) is 0 Å². The van der Waals surface area contributed by atoms with Crippen molar-refractivity contribution in [3.63, 3.8) is 0 Å². The van der Waals surface area contributed by atoms with Crippen LogP contribution in [0, 0.1) is 12.8 Å². The molecular weight excluding hydrogens is 356 g/mol. The first-order valence-electron chi connectivity index (χ1n) is 9.66. The molecule has 150 valence electrons. The number of hydrogen-bond donors (Lipinski definition) is 0. The van der Waals surface area contributed by atoms with Gasteiger partial charge in [-0.2, -0.15) is 0 Å². The Bertz CT molecular complexity index is 886. The first kappa shape index (κ1) is 20.0. The van der Waals surface area contributed by atoms with Crippen molar-refractivity contribution < 1.29 is 14.3 Å². The molecule has 0 bridgehead atoms. The number of carbonyl (C=O) groups excluding carboxylic acids is 1. The average Bonchev–Trinajstić information content (AvgIpc) is 2.65. The van der Waals surface area contributed by atoms with E-state index in [9.17, 15) is 9.59 Å². The second kappa shape index (κ2) is 8.95. The molecule has 0 atom stereocenters. The third kappa shape index (κ3) is 4.74. The molecule has 0 spiro atoms. The van der Waals surface area contributed by atoms with Crippen LogP contribution in [0.2, 0.25) is 0 Å². The van der Waals surface area contributed by atoms with Crippen LogP contribution in [0.5, 0.6) is 11.5 Å². The summed E-state index contributed by atoms with van der Waals surface area (Å²) in [6, 6.07) is 9.02. The van der Waals surface area contributed by atoms with Crippen molar-refractivity contribution in [2.75, 3.05) is 20.8 Å². The van der Waals surface area contributed by atoms with Gasteiger partial charge in [0, 0.05) is 37.0 Å². The van der Waals surface area contributed by atoms with Crippen LogP contribution < -0.4 is 15.0 Å². The first-order valence-corrected chi connectivity index (χ1v) is 9.66. The van der Waals surface area contributed by atoms with E-state index in [4.69, 9.17) is 9.47 Å². The molecule has 1 aliphatic carbocycles. The number of hydrogen-bond acceptors (Lipinski definition) is 4. The largest absolute Gasteiger partial charge is 0.497 e. The van der Waals surface area contributed by atoms with Gasteiger partial charge in [0.05, 0.1) is 14.2 Å².